The molecule has 2 aromatic rings. The number of nitrogens with one attached hydrogen (secondary N) is 1. The van der Waals surface area contributed by atoms with Crippen molar-refractivity contribution >= 4 is 30.4 Å². The van der Waals surface area contributed by atoms with Crippen LogP contribution in [0.15, 0.2) is 48.5 Å². The van der Waals surface area contributed by atoms with E-state index in [0.717, 1.165) is 5.56 Å². The molecule has 2 rings (SSSR count). The molecule has 23 heavy (non-hydrogen) atoms. The monoisotopic (exact) mass is 330 g/mol. The highest BCUT2D eigenvalue weighted by Gasteiger charge is 2.15. The first-order valence-corrected chi connectivity index (χ1v) is 7.45. The molecular weight excluding hydrogens is 312 g/mol. The lowest BCUT2D eigenvalue weighted by Crippen LogP contribution is -2.27. The Kier molecular flexibility index (Phi) is 5.28. The number of thiol groups is 1. The number of carboxylic acid groups (broad SMARTS) is 1. The zero-order valence-corrected chi connectivity index (χ0v) is 13.7. The maximum atomic E-state index is 12.4. The molecule has 1 amide bonds. The van der Waals surface area contributed by atoms with Crippen molar-refractivity contribution in [3.8, 4) is 0 Å². The molecule has 6 heteroatoms. The van der Waals surface area contributed by atoms with Crippen molar-refractivity contribution in [3.05, 3.63) is 65.2 Å². The van der Waals surface area contributed by atoms with Gasteiger partial charge in [0.05, 0.1) is 11.6 Å². The number of hydrogen-bond acceptors (Lipinski definition) is 4. The van der Waals surface area contributed by atoms with Crippen molar-refractivity contribution < 1.29 is 14.7 Å². The van der Waals surface area contributed by atoms with Gasteiger partial charge in [0.15, 0.2) is 0 Å². The van der Waals surface area contributed by atoms with Crippen LogP contribution >= 0.6 is 12.8 Å². The van der Waals surface area contributed by atoms with E-state index >= 15 is 0 Å². The fourth-order valence-electron chi connectivity index (χ4n) is 2.16. The van der Waals surface area contributed by atoms with Gasteiger partial charge in [0.25, 0.3) is 5.91 Å². The van der Waals surface area contributed by atoms with Gasteiger partial charge >= 0.3 is 5.97 Å². The van der Waals surface area contributed by atoms with Crippen LogP contribution in [0.2, 0.25) is 0 Å². The van der Waals surface area contributed by atoms with Gasteiger partial charge in [-0.2, -0.15) is 0 Å². The predicted molar refractivity (Wildman–Crippen MR) is 93.1 cm³/mol. The van der Waals surface area contributed by atoms with Crippen molar-refractivity contribution in [2.45, 2.75) is 13.0 Å². The molecule has 0 saturated heterocycles. The highest BCUT2D eigenvalue weighted by Crippen LogP contribution is 2.21. The molecule has 5 nitrogen and oxygen atoms in total. The standard InChI is InChI=1S/C17H18N2O3S/c1-11(12-6-4-3-5-7-12)18-16(20)13-8-14(17(21)22)10-15(9-13)19(2)23/h3-11,23H,1-2H3,(H,18,20)(H,21,22)/t11-/m1/s1. The Morgan fingerprint density at radius 1 is 1.13 bits per heavy atom. The number of aromatic carboxylic acids is 1. The number of carboxylic acids is 1. The van der Waals surface area contributed by atoms with Gasteiger partial charge in [-0.25, -0.2) is 4.79 Å². The Hall–Kier alpha value is -2.47. The van der Waals surface area contributed by atoms with Gasteiger partial charge in [-0.1, -0.05) is 43.1 Å². The van der Waals surface area contributed by atoms with E-state index in [1.165, 1.54) is 16.4 Å². The SMILES string of the molecule is C[C@@H](NC(=O)c1cc(C(=O)O)cc(N(C)S)c1)c1ccccc1. The largest absolute Gasteiger partial charge is 0.478 e. The summed E-state index contributed by atoms with van der Waals surface area (Å²) in [4.78, 5) is 23.6. The summed E-state index contributed by atoms with van der Waals surface area (Å²) in [5.41, 5.74) is 1.83. The molecule has 0 fully saturated rings. The lowest BCUT2D eigenvalue weighted by molar-refractivity contribution is 0.0697. The molecule has 1 atom stereocenters. The molecule has 0 radical (unpaired) electrons. The van der Waals surface area contributed by atoms with E-state index in [1.54, 1.807) is 13.1 Å². The van der Waals surface area contributed by atoms with Crippen LogP contribution in [0.1, 0.15) is 39.2 Å². The summed E-state index contributed by atoms with van der Waals surface area (Å²) in [7, 11) is 1.67. The van der Waals surface area contributed by atoms with E-state index < -0.39 is 5.97 Å². The number of anilines is 1. The highest BCUT2D eigenvalue weighted by atomic mass is 32.1. The molecule has 120 valence electrons. The summed E-state index contributed by atoms with van der Waals surface area (Å²) < 4.78 is 1.46. The van der Waals surface area contributed by atoms with E-state index in [9.17, 15) is 14.7 Å². The van der Waals surface area contributed by atoms with Crippen LogP contribution in [0.25, 0.3) is 0 Å². The predicted octanol–water partition coefficient (Wildman–Crippen LogP) is 3.16. The quantitative estimate of drug-likeness (QED) is 0.737. The van der Waals surface area contributed by atoms with Crippen LogP contribution in [0.5, 0.6) is 0 Å². The Labute approximate surface area is 140 Å². The van der Waals surface area contributed by atoms with Crippen molar-refractivity contribution in [2.24, 2.45) is 0 Å². The molecule has 0 aromatic heterocycles. The van der Waals surface area contributed by atoms with Gasteiger partial charge in [-0.15, -0.1) is 0 Å². The Bertz CT molecular complexity index is 717. The summed E-state index contributed by atoms with van der Waals surface area (Å²) in [5.74, 6) is -1.42. The minimum Gasteiger partial charge on any atom is -0.478 e. The maximum Gasteiger partial charge on any atom is 0.335 e. The van der Waals surface area contributed by atoms with Gasteiger partial charge in [-0.3, -0.25) is 4.79 Å². The van der Waals surface area contributed by atoms with Crippen LogP contribution in [0, 0.1) is 0 Å². The summed E-state index contributed by atoms with van der Waals surface area (Å²) >= 11 is 4.15. The topological polar surface area (TPSA) is 69.6 Å². The number of amides is 1. The Morgan fingerprint density at radius 2 is 1.74 bits per heavy atom. The second-order valence-corrected chi connectivity index (χ2v) is 5.80. The molecule has 0 saturated carbocycles. The third-order valence-electron chi connectivity index (χ3n) is 3.45. The summed E-state index contributed by atoms with van der Waals surface area (Å²) in [5, 5.41) is 12.1. The number of carbonyl (C=O) groups is 2. The average Bonchev–Trinajstić information content (AvgIpc) is 2.55. The summed E-state index contributed by atoms with van der Waals surface area (Å²) in [6.45, 7) is 1.87. The second-order valence-electron chi connectivity index (χ2n) is 5.20. The van der Waals surface area contributed by atoms with E-state index in [2.05, 4.69) is 18.1 Å². The molecule has 2 aromatic carbocycles. The molecule has 0 unspecified atom stereocenters. The van der Waals surface area contributed by atoms with E-state index in [-0.39, 0.29) is 23.1 Å². The zero-order chi connectivity index (χ0) is 17.0. The Balaban J connectivity index is 2.26. The summed E-state index contributed by atoms with van der Waals surface area (Å²) in [6, 6.07) is 13.8. The average molecular weight is 330 g/mol. The highest BCUT2D eigenvalue weighted by molar-refractivity contribution is 7.81. The van der Waals surface area contributed by atoms with E-state index in [1.807, 2.05) is 37.3 Å². The lowest BCUT2D eigenvalue weighted by atomic mass is 10.1. The third-order valence-corrected chi connectivity index (χ3v) is 3.68. The number of nitrogens with zero attached hydrogens (tertiary/aromatic N) is 1. The van der Waals surface area contributed by atoms with Crippen LogP contribution in [0.3, 0.4) is 0 Å². The maximum absolute atomic E-state index is 12.4. The van der Waals surface area contributed by atoms with Gasteiger partial charge in [0.2, 0.25) is 0 Å². The number of benzene rings is 2. The second kappa shape index (κ2) is 7.19. The minimum absolute atomic E-state index is 0.0425. The Morgan fingerprint density at radius 3 is 2.30 bits per heavy atom. The normalized spacial score (nSPS) is 11.6. The molecule has 2 N–H and O–H groups in total. The molecule has 0 aliphatic rings. The fourth-order valence-corrected chi connectivity index (χ4v) is 2.27. The molecule has 0 heterocycles. The van der Waals surface area contributed by atoms with Gasteiger partial charge < -0.3 is 14.7 Å². The van der Waals surface area contributed by atoms with Gasteiger partial charge in [0, 0.05) is 18.3 Å². The van der Waals surface area contributed by atoms with Crippen molar-refractivity contribution in [2.75, 3.05) is 11.4 Å². The fraction of sp³-hybridized carbons (Fsp3) is 0.176. The molecular formula is C17H18N2O3S. The minimum atomic E-state index is -1.09. The van der Waals surface area contributed by atoms with Crippen LogP contribution in [-0.2, 0) is 0 Å². The van der Waals surface area contributed by atoms with E-state index in [4.69, 9.17) is 0 Å². The number of hydrogen-bond donors (Lipinski definition) is 3. The van der Waals surface area contributed by atoms with E-state index in [0.29, 0.717) is 5.69 Å². The molecule has 0 aliphatic carbocycles. The van der Waals surface area contributed by atoms with Crippen LogP contribution < -0.4 is 9.62 Å². The van der Waals surface area contributed by atoms with Crippen LogP contribution in [0.4, 0.5) is 5.69 Å². The molecule has 0 aliphatic heterocycles. The summed E-state index contributed by atoms with van der Waals surface area (Å²) in [6.07, 6.45) is 0. The van der Waals surface area contributed by atoms with Gasteiger partial charge in [0.1, 0.15) is 0 Å². The first kappa shape index (κ1) is 16.9. The van der Waals surface area contributed by atoms with Crippen molar-refractivity contribution in [1.82, 2.24) is 5.32 Å². The van der Waals surface area contributed by atoms with Crippen molar-refractivity contribution in [1.29, 1.82) is 0 Å². The number of carbonyl (C=O) groups excluding carboxylic acids is 1. The number of rotatable bonds is 5. The van der Waals surface area contributed by atoms with Gasteiger partial charge in [-0.05, 0) is 30.7 Å². The lowest BCUT2D eigenvalue weighted by Gasteiger charge is -2.17. The third kappa shape index (κ3) is 4.26. The van der Waals surface area contributed by atoms with Crippen LogP contribution in [-0.4, -0.2) is 24.0 Å². The van der Waals surface area contributed by atoms with Crippen molar-refractivity contribution in [3.63, 3.8) is 0 Å². The first-order valence-electron chi connectivity index (χ1n) is 7.05. The first-order chi connectivity index (χ1) is 10.9. The smallest absolute Gasteiger partial charge is 0.335 e. The molecule has 0 spiro atoms. The molecule has 0 bridgehead atoms. The zero-order valence-electron chi connectivity index (χ0n) is 12.9.